The fourth-order valence-corrected chi connectivity index (χ4v) is 6.67. The number of nitrogens with two attached hydrogens (primary N) is 1. The van der Waals surface area contributed by atoms with Gasteiger partial charge in [-0.05, 0) is 61.3 Å². The predicted octanol–water partition coefficient (Wildman–Crippen LogP) is 5.58. The van der Waals surface area contributed by atoms with Gasteiger partial charge in [-0.15, -0.1) is 12.4 Å². The van der Waals surface area contributed by atoms with Crippen LogP contribution in [0, 0.1) is 5.82 Å². The minimum absolute atomic E-state index is 0. The summed E-state index contributed by atoms with van der Waals surface area (Å²) in [5.74, 6) is -1.04. The second kappa shape index (κ2) is 15.9. The van der Waals surface area contributed by atoms with Crippen LogP contribution in [0.1, 0.15) is 42.9 Å². The maximum Gasteiger partial charge on any atom is 0.414 e. The molecule has 0 aromatic heterocycles. The van der Waals surface area contributed by atoms with Crippen molar-refractivity contribution in [3.8, 4) is 0 Å². The molecule has 5 rings (SSSR count). The van der Waals surface area contributed by atoms with E-state index in [0.717, 1.165) is 5.56 Å². The van der Waals surface area contributed by atoms with Gasteiger partial charge in [0.15, 0.2) is 0 Å². The van der Waals surface area contributed by atoms with Crippen LogP contribution < -0.4 is 21.3 Å². The summed E-state index contributed by atoms with van der Waals surface area (Å²) in [4.78, 5) is 43.8. The number of nitrogens with one attached hydrogen (secondary N) is 2. The Balaban J connectivity index is 0.00000520. The minimum Gasteiger partial charge on any atom is -0.437 e. The molecule has 1 saturated heterocycles. The van der Waals surface area contributed by atoms with Crippen molar-refractivity contribution in [1.82, 2.24) is 15.5 Å². The fourth-order valence-electron chi connectivity index (χ4n) is 6.37. The Bertz CT molecular complexity index is 1620. The number of benzene rings is 3. The first-order chi connectivity index (χ1) is 22.5. The van der Waals surface area contributed by atoms with Gasteiger partial charge in [0.1, 0.15) is 17.5 Å². The quantitative estimate of drug-likeness (QED) is 0.238. The molecule has 0 unspecified atom stereocenters. The highest BCUT2D eigenvalue weighted by Gasteiger charge is 2.47. The summed E-state index contributed by atoms with van der Waals surface area (Å²) >= 11 is 12.7. The van der Waals surface area contributed by atoms with Crippen LogP contribution >= 0.6 is 35.6 Å². The maximum absolute atomic E-state index is 14.3. The summed E-state index contributed by atoms with van der Waals surface area (Å²) in [6.07, 6.45) is 1.16. The highest BCUT2D eigenvalue weighted by Crippen LogP contribution is 2.45. The van der Waals surface area contributed by atoms with Crippen LogP contribution in [0.2, 0.25) is 10.0 Å². The molecule has 1 spiro atoms. The number of carbonyl (C=O) groups excluding carboxylic acids is 3. The van der Waals surface area contributed by atoms with Crippen LogP contribution in [-0.2, 0) is 31.8 Å². The van der Waals surface area contributed by atoms with Crippen molar-refractivity contribution >= 4 is 59.2 Å². The first-order valence-electron chi connectivity index (χ1n) is 15.7. The summed E-state index contributed by atoms with van der Waals surface area (Å²) in [5, 5.41) is 6.52. The van der Waals surface area contributed by atoms with Gasteiger partial charge in [-0.1, -0.05) is 59.6 Å². The minimum atomic E-state index is -1.10. The molecule has 48 heavy (non-hydrogen) atoms. The summed E-state index contributed by atoms with van der Waals surface area (Å²) in [6.45, 7) is 4.03. The van der Waals surface area contributed by atoms with Gasteiger partial charge < -0.3 is 26.0 Å². The highest BCUT2D eigenvalue weighted by molar-refractivity contribution is 6.42. The van der Waals surface area contributed by atoms with E-state index in [1.165, 1.54) is 17.0 Å². The molecular formula is C35H41Cl3FN5O4. The average molecular weight is 721 g/mol. The summed E-state index contributed by atoms with van der Waals surface area (Å²) < 4.78 is 20.3. The fraction of sp³-hybridized carbons (Fsp3) is 0.400. The highest BCUT2D eigenvalue weighted by atomic mass is 35.5. The third kappa shape index (κ3) is 8.06. The van der Waals surface area contributed by atoms with Gasteiger partial charge in [-0.25, -0.2) is 9.18 Å². The SMILES string of the molecule is CN1C(=O)OC2(CCN(CC[C@@](C)(C(=O)N[C@@H](Cc3ccccc3)C(=O)NCCN)c3ccc(Cl)c(Cl)c3)CC2)c2cc(F)ccc21.Cl. The Kier molecular flexibility index (Phi) is 12.4. The third-order valence-corrected chi connectivity index (χ3v) is 10.1. The molecule has 3 aromatic carbocycles. The van der Waals surface area contributed by atoms with E-state index in [1.807, 2.05) is 37.3 Å². The molecule has 13 heteroatoms. The van der Waals surface area contributed by atoms with Crippen LogP contribution in [0.3, 0.4) is 0 Å². The lowest BCUT2D eigenvalue weighted by Gasteiger charge is -2.46. The topological polar surface area (TPSA) is 117 Å². The zero-order valence-corrected chi connectivity index (χ0v) is 29.3. The molecule has 2 heterocycles. The van der Waals surface area contributed by atoms with Crippen molar-refractivity contribution in [2.75, 3.05) is 44.7 Å². The number of rotatable bonds is 11. The Morgan fingerprint density at radius 1 is 1.06 bits per heavy atom. The predicted molar refractivity (Wildman–Crippen MR) is 188 cm³/mol. The van der Waals surface area contributed by atoms with E-state index in [2.05, 4.69) is 15.5 Å². The van der Waals surface area contributed by atoms with Crippen LogP contribution in [0.5, 0.6) is 0 Å². The molecule has 4 N–H and O–H groups in total. The molecule has 3 amide bonds. The number of hydrogen-bond donors (Lipinski definition) is 3. The second-order valence-corrected chi connectivity index (χ2v) is 13.2. The Hall–Kier alpha value is -3.41. The van der Waals surface area contributed by atoms with Gasteiger partial charge in [-0.2, -0.15) is 0 Å². The molecule has 9 nitrogen and oxygen atoms in total. The van der Waals surface area contributed by atoms with E-state index in [9.17, 15) is 18.8 Å². The van der Waals surface area contributed by atoms with Crippen molar-refractivity contribution < 1.29 is 23.5 Å². The van der Waals surface area contributed by atoms with Gasteiger partial charge in [-0.3, -0.25) is 14.5 Å². The number of piperidine rings is 1. The Morgan fingerprint density at radius 2 is 1.77 bits per heavy atom. The van der Waals surface area contributed by atoms with E-state index >= 15 is 0 Å². The molecule has 258 valence electrons. The first kappa shape index (κ1) is 37.4. The number of anilines is 1. The third-order valence-electron chi connectivity index (χ3n) is 9.37. The van der Waals surface area contributed by atoms with Crippen LogP contribution in [0.25, 0.3) is 0 Å². The molecule has 2 atom stereocenters. The molecular weight excluding hydrogens is 680 g/mol. The van der Waals surface area contributed by atoms with E-state index < -0.39 is 23.2 Å². The largest absolute Gasteiger partial charge is 0.437 e. The number of carbonyl (C=O) groups is 3. The number of halogens is 4. The van der Waals surface area contributed by atoms with E-state index in [4.69, 9.17) is 33.7 Å². The Morgan fingerprint density at radius 3 is 2.44 bits per heavy atom. The maximum atomic E-state index is 14.3. The number of amides is 3. The van der Waals surface area contributed by atoms with Crippen LogP contribution in [0.4, 0.5) is 14.9 Å². The summed E-state index contributed by atoms with van der Waals surface area (Å²) in [7, 11) is 1.61. The van der Waals surface area contributed by atoms with Gasteiger partial charge in [0.2, 0.25) is 11.8 Å². The van der Waals surface area contributed by atoms with Crippen LogP contribution in [-0.4, -0.2) is 68.6 Å². The average Bonchev–Trinajstić information content (AvgIpc) is 3.07. The summed E-state index contributed by atoms with van der Waals surface area (Å²) in [6, 6.07) is 18.2. The van der Waals surface area contributed by atoms with Crippen LogP contribution in [0.15, 0.2) is 66.7 Å². The number of hydrogen-bond acceptors (Lipinski definition) is 6. The first-order valence-corrected chi connectivity index (χ1v) is 16.5. The number of nitrogens with zero attached hydrogens (tertiary/aromatic N) is 2. The molecule has 2 aliphatic heterocycles. The smallest absolute Gasteiger partial charge is 0.414 e. The molecule has 2 aliphatic rings. The number of ether oxygens (including phenoxy) is 1. The van der Waals surface area contributed by atoms with Gasteiger partial charge in [0, 0.05) is 58.1 Å². The number of fused-ring (bicyclic) bond motifs is 2. The molecule has 0 aliphatic carbocycles. The van der Waals surface area contributed by atoms with Gasteiger partial charge >= 0.3 is 6.09 Å². The van der Waals surface area contributed by atoms with Crippen molar-refractivity contribution in [3.05, 3.63) is 99.3 Å². The zero-order valence-electron chi connectivity index (χ0n) is 26.9. The van der Waals surface area contributed by atoms with Crippen molar-refractivity contribution in [2.24, 2.45) is 5.73 Å². The second-order valence-electron chi connectivity index (χ2n) is 12.4. The standard InChI is InChI=1S/C35H40Cl2FN5O4.ClH/c1-34(24-8-10-27(36)28(37)21-24,32(45)41-29(31(44)40-16-15-39)20-23-6-4-3-5-7-23)12-17-43-18-13-35(14-19-43)26-22-25(38)9-11-30(26)42(2)33(46)47-35;/h3-11,21-22,29H,12-20,39H2,1-2H3,(H,40,44)(H,41,45);1H/t29-,34+;/m0./s1. The molecule has 0 saturated carbocycles. The summed E-state index contributed by atoms with van der Waals surface area (Å²) in [5.41, 5.74) is 6.47. The monoisotopic (exact) mass is 719 g/mol. The van der Waals surface area contributed by atoms with E-state index in [-0.39, 0.29) is 43.1 Å². The van der Waals surface area contributed by atoms with Gasteiger partial charge in [0.05, 0.1) is 21.1 Å². The lowest BCUT2D eigenvalue weighted by molar-refractivity contribution is -0.132. The van der Waals surface area contributed by atoms with Crippen molar-refractivity contribution in [3.63, 3.8) is 0 Å². The Labute approximate surface area is 296 Å². The molecule has 0 bridgehead atoms. The van der Waals surface area contributed by atoms with E-state index in [0.29, 0.717) is 72.2 Å². The van der Waals surface area contributed by atoms with Gasteiger partial charge in [0.25, 0.3) is 0 Å². The molecule has 3 aromatic rings. The lowest BCUT2D eigenvalue weighted by Crippen LogP contribution is -2.55. The molecule has 0 radical (unpaired) electrons. The zero-order chi connectivity index (χ0) is 33.8. The van der Waals surface area contributed by atoms with Crippen molar-refractivity contribution in [2.45, 2.75) is 49.7 Å². The molecule has 1 fully saturated rings. The van der Waals surface area contributed by atoms with Crippen molar-refractivity contribution in [1.29, 1.82) is 0 Å². The number of likely N-dealkylation sites (tertiary alicyclic amines) is 1. The van der Waals surface area contributed by atoms with E-state index in [1.54, 1.807) is 31.3 Å². The lowest BCUT2D eigenvalue weighted by atomic mass is 9.77. The normalized spacial score (nSPS) is 17.4.